The highest BCUT2D eigenvalue weighted by Crippen LogP contribution is 2.19. The van der Waals surface area contributed by atoms with E-state index in [4.69, 9.17) is 11.6 Å². The number of nitrogens with one attached hydrogen (secondary N) is 1. The molecule has 7 heteroatoms. The van der Waals surface area contributed by atoms with Gasteiger partial charge in [-0.15, -0.1) is 0 Å². The van der Waals surface area contributed by atoms with Crippen LogP contribution in [0.2, 0.25) is 5.02 Å². The normalized spacial score (nSPS) is 18.6. The van der Waals surface area contributed by atoms with Gasteiger partial charge < -0.3 is 0 Å². The standard InChI is InChI=1S/C12H18ClN3O2S/c1-19(17,18)15-11-3-6-16(7-4-11)9-10-2-5-14-8-12(10)13/h2,5,8,11,15H,3-4,6-7,9H2,1H3. The van der Waals surface area contributed by atoms with Gasteiger partial charge in [-0.2, -0.15) is 0 Å². The molecule has 1 fully saturated rings. The number of hydrogen-bond acceptors (Lipinski definition) is 4. The molecule has 1 saturated heterocycles. The lowest BCUT2D eigenvalue weighted by molar-refractivity contribution is 0.200. The Morgan fingerprint density at radius 2 is 2.16 bits per heavy atom. The summed E-state index contributed by atoms with van der Waals surface area (Å²) in [6.45, 7) is 2.52. The van der Waals surface area contributed by atoms with Crippen molar-refractivity contribution in [1.82, 2.24) is 14.6 Å². The lowest BCUT2D eigenvalue weighted by atomic mass is 10.1. The van der Waals surface area contributed by atoms with Crippen LogP contribution in [0, 0.1) is 0 Å². The lowest BCUT2D eigenvalue weighted by Crippen LogP contribution is -2.43. The highest BCUT2D eigenvalue weighted by molar-refractivity contribution is 7.88. The third-order valence-electron chi connectivity index (χ3n) is 3.22. The molecule has 0 atom stereocenters. The molecular formula is C12H18ClN3O2S. The van der Waals surface area contributed by atoms with Gasteiger partial charge in [0.2, 0.25) is 10.0 Å². The van der Waals surface area contributed by atoms with E-state index in [0.29, 0.717) is 5.02 Å². The summed E-state index contributed by atoms with van der Waals surface area (Å²) >= 11 is 6.08. The fourth-order valence-electron chi connectivity index (χ4n) is 2.28. The molecule has 0 unspecified atom stereocenters. The van der Waals surface area contributed by atoms with E-state index in [0.717, 1.165) is 38.0 Å². The van der Waals surface area contributed by atoms with Gasteiger partial charge in [0.15, 0.2) is 0 Å². The molecule has 0 aromatic carbocycles. The number of sulfonamides is 1. The van der Waals surface area contributed by atoms with Crippen LogP contribution in [-0.2, 0) is 16.6 Å². The topological polar surface area (TPSA) is 62.3 Å². The number of halogens is 1. The highest BCUT2D eigenvalue weighted by Gasteiger charge is 2.21. The minimum atomic E-state index is -3.10. The molecule has 0 aliphatic carbocycles. The van der Waals surface area contributed by atoms with E-state index in [1.54, 1.807) is 12.4 Å². The Bertz CT molecular complexity index is 528. The summed E-state index contributed by atoms with van der Waals surface area (Å²) in [7, 11) is -3.10. The number of pyridine rings is 1. The molecule has 0 amide bonds. The summed E-state index contributed by atoms with van der Waals surface area (Å²) in [5, 5.41) is 0.680. The molecule has 1 N–H and O–H groups in total. The van der Waals surface area contributed by atoms with E-state index >= 15 is 0 Å². The van der Waals surface area contributed by atoms with Crippen molar-refractivity contribution in [1.29, 1.82) is 0 Å². The van der Waals surface area contributed by atoms with Gasteiger partial charge in [-0.05, 0) is 24.5 Å². The van der Waals surface area contributed by atoms with Crippen LogP contribution in [0.5, 0.6) is 0 Å². The van der Waals surface area contributed by atoms with E-state index in [2.05, 4.69) is 14.6 Å². The molecule has 0 radical (unpaired) electrons. The molecule has 2 rings (SSSR count). The molecule has 0 bridgehead atoms. The Balaban J connectivity index is 1.86. The number of hydrogen-bond donors (Lipinski definition) is 1. The summed E-state index contributed by atoms with van der Waals surface area (Å²) in [4.78, 5) is 6.24. The maximum Gasteiger partial charge on any atom is 0.208 e. The average Bonchev–Trinajstić information content (AvgIpc) is 2.33. The molecule has 19 heavy (non-hydrogen) atoms. The summed E-state index contributed by atoms with van der Waals surface area (Å²) in [5.41, 5.74) is 1.06. The molecule has 106 valence electrons. The van der Waals surface area contributed by atoms with E-state index in [1.807, 2.05) is 6.07 Å². The average molecular weight is 304 g/mol. The van der Waals surface area contributed by atoms with Crippen LogP contribution in [0.1, 0.15) is 18.4 Å². The fraction of sp³-hybridized carbons (Fsp3) is 0.583. The molecular weight excluding hydrogens is 286 g/mol. The predicted molar refractivity (Wildman–Crippen MR) is 75.5 cm³/mol. The van der Waals surface area contributed by atoms with Crippen LogP contribution in [0.25, 0.3) is 0 Å². The summed E-state index contributed by atoms with van der Waals surface area (Å²) in [6, 6.07) is 1.97. The SMILES string of the molecule is CS(=O)(=O)NC1CCN(Cc2ccncc2Cl)CC1. The third kappa shape index (κ3) is 4.72. The minimum absolute atomic E-state index is 0.0548. The Labute approximate surface area is 119 Å². The maximum absolute atomic E-state index is 11.2. The predicted octanol–water partition coefficient (Wildman–Crippen LogP) is 1.25. The molecule has 1 aromatic rings. The van der Waals surface area contributed by atoms with Gasteiger partial charge >= 0.3 is 0 Å². The Hall–Kier alpha value is -0.690. The number of rotatable bonds is 4. The monoisotopic (exact) mass is 303 g/mol. The van der Waals surface area contributed by atoms with Crippen molar-refractivity contribution in [3.8, 4) is 0 Å². The molecule has 0 spiro atoms. The largest absolute Gasteiger partial charge is 0.299 e. The van der Waals surface area contributed by atoms with Crippen LogP contribution < -0.4 is 4.72 Å². The van der Waals surface area contributed by atoms with Gasteiger partial charge in [0, 0.05) is 38.1 Å². The zero-order chi connectivity index (χ0) is 13.9. The fourth-order valence-corrected chi connectivity index (χ4v) is 3.31. The van der Waals surface area contributed by atoms with E-state index in [-0.39, 0.29) is 6.04 Å². The number of piperidine rings is 1. The van der Waals surface area contributed by atoms with Crippen molar-refractivity contribution in [2.45, 2.75) is 25.4 Å². The second kappa shape index (κ2) is 6.17. The van der Waals surface area contributed by atoms with E-state index in [1.165, 1.54) is 6.26 Å². The first kappa shape index (κ1) is 14.7. The minimum Gasteiger partial charge on any atom is -0.299 e. The molecule has 1 aliphatic rings. The highest BCUT2D eigenvalue weighted by atomic mass is 35.5. The van der Waals surface area contributed by atoms with Gasteiger partial charge in [-0.3, -0.25) is 9.88 Å². The number of nitrogens with zero attached hydrogens (tertiary/aromatic N) is 2. The zero-order valence-corrected chi connectivity index (χ0v) is 12.4. The number of likely N-dealkylation sites (tertiary alicyclic amines) is 1. The van der Waals surface area contributed by atoms with Crippen LogP contribution in [0.15, 0.2) is 18.5 Å². The third-order valence-corrected chi connectivity index (χ3v) is 4.32. The molecule has 1 aliphatic heterocycles. The van der Waals surface area contributed by atoms with Gasteiger partial charge in [-0.1, -0.05) is 11.6 Å². The maximum atomic E-state index is 11.2. The van der Waals surface area contributed by atoms with Crippen molar-refractivity contribution in [3.63, 3.8) is 0 Å². The van der Waals surface area contributed by atoms with Crippen molar-refractivity contribution in [3.05, 3.63) is 29.0 Å². The first-order valence-corrected chi connectivity index (χ1v) is 8.49. The van der Waals surface area contributed by atoms with Crippen molar-refractivity contribution < 1.29 is 8.42 Å². The zero-order valence-electron chi connectivity index (χ0n) is 10.8. The molecule has 2 heterocycles. The quantitative estimate of drug-likeness (QED) is 0.909. The molecule has 1 aromatic heterocycles. The summed E-state index contributed by atoms with van der Waals surface area (Å²) in [5.74, 6) is 0. The first-order valence-electron chi connectivity index (χ1n) is 6.22. The first-order chi connectivity index (χ1) is 8.94. The Morgan fingerprint density at radius 1 is 1.47 bits per heavy atom. The Morgan fingerprint density at radius 3 is 2.74 bits per heavy atom. The van der Waals surface area contributed by atoms with Gasteiger partial charge in [0.05, 0.1) is 11.3 Å². The summed E-state index contributed by atoms with van der Waals surface area (Å²) in [6.07, 6.45) is 6.25. The van der Waals surface area contributed by atoms with Crippen LogP contribution >= 0.6 is 11.6 Å². The second-order valence-electron chi connectivity index (χ2n) is 4.91. The molecule has 5 nitrogen and oxygen atoms in total. The van der Waals surface area contributed by atoms with Crippen molar-refractivity contribution >= 4 is 21.6 Å². The second-order valence-corrected chi connectivity index (χ2v) is 7.09. The van der Waals surface area contributed by atoms with E-state index < -0.39 is 10.0 Å². The molecule has 0 saturated carbocycles. The number of aromatic nitrogens is 1. The van der Waals surface area contributed by atoms with Gasteiger partial charge in [0.1, 0.15) is 0 Å². The van der Waals surface area contributed by atoms with Gasteiger partial charge in [0.25, 0.3) is 0 Å². The smallest absolute Gasteiger partial charge is 0.208 e. The summed E-state index contributed by atoms with van der Waals surface area (Å²) < 4.78 is 25.0. The van der Waals surface area contributed by atoms with Crippen molar-refractivity contribution in [2.75, 3.05) is 19.3 Å². The van der Waals surface area contributed by atoms with Gasteiger partial charge in [-0.25, -0.2) is 13.1 Å². The van der Waals surface area contributed by atoms with Crippen LogP contribution in [0.4, 0.5) is 0 Å². The van der Waals surface area contributed by atoms with Crippen LogP contribution in [-0.4, -0.2) is 43.7 Å². The lowest BCUT2D eigenvalue weighted by Gasteiger charge is -2.32. The Kier molecular flexibility index (Phi) is 4.78. The van der Waals surface area contributed by atoms with E-state index in [9.17, 15) is 8.42 Å². The van der Waals surface area contributed by atoms with Crippen molar-refractivity contribution in [2.24, 2.45) is 0 Å². The van der Waals surface area contributed by atoms with Crippen LogP contribution in [0.3, 0.4) is 0 Å².